The van der Waals surface area contributed by atoms with Crippen molar-refractivity contribution in [2.75, 3.05) is 5.32 Å². The van der Waals surface area contributed by atoms with Crippen LogP contribution < -0.4 is 10.9 Å². The Kier molecular flexibility index (Phi) is 5.85. The van der Waals surface area contributed by atoms with Gasteiger partial charge in [0.1, 0.15) is 11.5 Å². The molecule has 5 aromatic rings. The van der Waals surface area contributed by atoms with Gasteiger partial charge in [-0.2, -0.15) is 9.78 Å². The molecule has 0 fully saturated rings. The second-order valence-electron chi connectivity index (χ2n) is 8.35. The molecule has 0 saturated heterocycles. The van der Waals surface area contributed by atoms with Crippen molar-refractivity contribution in [3.8, 4) is 28.5 Å². The molecule has 8 nitrogen and oxygen atoms in total. The summed E-state index contributed by atoms with van der Waals surface area (Å²) in [4.78, 5) is 32.7. The standard InChI is InChI=1S/C27H23N5O3/c1-17(2)21-16-25(33)30-27(28-21)32-24(15-22(31-32)23-9-6-14-35-23)29-26(34)20-12-10-19(11-13-20)18-7-4-3-5-8-18/h3-17H,1-2H3,(H,29,34)(H,28,30,33). The van der Waals surface area contributed by atoms with Gasteiger partial charge in [-0.15, -0.1) is 0 Å². The molecule has 1 amide bonds. The molecule has 174 valence electrons. The first-order chi connectivity index (χ1) is 17.0. The molecule has 3 aromatic heterocycles. The van der Waals surface area contributed by atoms with Crippen LogP contribution in [0.2, 0.25) is 0 Å². The topological polar surface area (TPSA) is 106 Å². The van der Waals surface area contributed by atoms with Crippen LogP contribution in [0.5, 0.6) is 0 Å². The van der Waals surface area contributed by atoms with Crippen molar-refractivity contribution in [3.05, 3.63) is 107 Å². The van der Waals surface area contributed by atoms with Crippen LogP contribution in [0.1, 0.15) is 35.8 Å². The van der Waals surface area contributed by atoms with Crippen LogP contribution in [0.25, 0.3) is 28.5 Å². The van der Waals surface area contributed by atoms with Gasteiger partial charge in [-0.05, 0) is 41.3 Å². The number of hydrogen-bond donors (Lipinski definition) is 2. The predicted octanol–water partition coefficient (Wildman–Crippen LogP) is 5.26. The quantitative estimate of drug-likeness (QED) is 0.356. The molecule has 3 heterocycles. The van der Waals surface area contributed by atoms with Crippen LogP contribution in [-0.2, 0) is 0 Å². The second-order valence-corrected chi connectivity index (χ2v) is 8.35. The third-order valence-corrected chi connectivity index (χ3v) is 5.52. The zero-order chi connectivity index (χ0) is 24.4. The lowest BCUT2D eigenvalue weighted by atomic mass is 10.0. The number of hydrogen-bond acceptors (Lipinski definition) is 5. The summed E-state index contributed by atoms with van der Waals surface area (Å²) < 4.78 is 6.88. The van der Waals surface area contributed by atoms with E-state index in [9.17, 15) is 9.59 Å². The number of anilines is 1. The molecule has 0 saturated carbocycles. The van der Waals surface area contributed by atoms with E-state index >= 15 is 0 Å². The molecule has 0 aliphatic rings. The monoisotopic (exact) mass is 465 g/mol. The maximum Gasteiger partial charge on any atom is 0.256 e. The number of aromatic amines is 1. The molecule has 0 aliphatic carbocycles. The predicted molar refractivity (Wildman–Crippen MR) is 134 cm³/mol. The van der Waals surface area contributed by atoms with Gasteiger partial charge in [-0.3, -0.25) is 14.6 Å². The number of H-pyrrole nitrogens is 1. The fourth-order valence-corrected chi connectivity index (χ4v) is 3.67. The van der Waals surface area contributed by atoms with Crippen LogP contribution in [0.3, 0.4) is 0 Å². The molecule has 0 spiro atoms. The lowest BCUT2D eigenvalue weighted by Gasteiger charge is -2.10. The first-order valence-corrected chi connectivity index (χ1v) is 11.2. The van der Waals surface area contributed by atoms with Crippen LogP contribution in [-0.4, -0.2) is 25.7 Å². The number of nitrogens with zero attached hydrogens (tertiary/aromatic N) is 3. The third kappa shape index (κ3) is 4.67. The molecule has 35 heavy (non-hydrogen) atoms. The Bertz CT molecular complexity index is 1520. The molecule has 8 heteroatoms. The summed E-state index contributed by atoms with van der Waals surface area (Å²) in [5, 5.41) is 7.43. The highest BCUT2D eigenvalue weighted by Crippen LogP contribution is 2.25. The van der Waals surface area contributed by atoms with Crippen molar-refractivity contribution in [1.82, 2.24) is 19.7 Å². The Morgan fingerprint density at radius 1 is 0.971 bits per heavy atom. The summed E-state index contributed by atoms with van der Waals surface area (Å²) in [5.74, 6) is 0.789. The van der Waals surface area contributed by atoms with Crippen molar-refractivity contribution in [2.24, 2.45) is 0 Å². The number of amides is 1. The van der Waals surface area contributed by atoms with E-state index in [4.69, 9.17) is 4.42 Å². The number of benzene rings is 2. The van der Waals surface area contributed by atoms with Gasteiger partial charge in [0, 0.05) is 17.7 Å². The minimum absolute atomic E-state index is 0.0392. The summed E-state index contributed by atoms with van der Waals surface area (Å²) >= 11 is 0. The fourth-order valence-electron chi connectivity index (χ4n) is 3.67. The number of furan rings is 1. The fraction of sp³-hybridized carbons (Fsp3) is 0.111. The van der Waals surface area contributed by atoms with E-state index in [-0.39, 0.29) is 23.3 Å². The summed E-state index contributed by atoms with van der Waals surface area (Å²) in [7, 11) is 0. The minimum Gasteiger partial charge on any atom is -0.463 e. The van der Waals surface area contributed by atoms with Gasteiger partial charge >= 0.3 is 0 Å². The molecule has 2 N–H and O–H groups in total. The largest absolute Gasteiger partial charge is 0.463 e. The number of rotatable bonds is 6. The molecule has 0 unspecified atom stereocenters. The highest BCUT2D eigenvalue weighted by atomic mass is 16.3. The van der Waals surface area contributed by atoms with Gasteiger partial charge < -0.3 is 9.73 Å². The lowest BCUT2D eigenvalue weighted by molar-refractivity contribution is 0.102. The third-order valence-electron chi connectivity index (χ3n) is 5.52. The van der Waals surface area contributed by atoms with Crippen LogP contribution in [0.15, 0.2) is 94.3 Å². The van der Waals surface area contributed by atoms with Gasteiger partial charge in [-0.1, -0.05) is 56.3 Å². The normalized spacial score (nSPS) is 11.1. The van der Waals surface area contributed by atoms with Gasteiger partial charge in [0.2, 0.25) is 5.95 Å². The first kappa shape index (κ1) is 22.1. The van der Waals surface area contributed by atoms with Crippen LogP contribution >= 0.6 is 0 Å². The smallest absolute Gasteiger partial charge is 0.256 e. The average Bonchev–Trinajstić information content (AvgIpc) is 3.55. The Morgan fingerprint density at radius 3 is 2.40 bits per heavy atom. The molecule has 0 bridgehead atoms. The molecule has 2 aromatic carbocycles. The highest BCUT2D eigenvalue weighted by molar-refractivity contribution is 6.04. The molecular formula is C27H23N5O3. The van der Waals surface area contributed by atoms with Crippen molar-refractivity contribution < 1.29 is 9.21 Å². The molecular weight excluding hydrogens is 442 g/mol. The van der Waals surface area contributed by atoms with E-state index in [1.54, 1.807) is 36.6 Å². The summed E-state index contributed by atoms with van der Waals surface area (Å²) in [6, 6.07) is 23.9. The molecule has 5 rings (SSSR count). The minimum atomic E-state index is -0.320. The SMILES string of the molecule is CC(C)c1cc(=O)[nH]c(-n2nc(-c3ccco3)cc2NC(=O)c2ccc(-c3ccccc3)cc2)n1. The number of nitrogens with one attached hydrogen (secondary N) is 2. The lowest BCUT2D eigenvalue weighted by Crippen LogP contribution is -2.19. The van der Waals surface area contributed by atoms with Crippen LogP contribution in [0, 0.1) is 0 Å². The maximum absolute atomic E-state index is 13.1. The summed E-state index contributed by atoms with van der Waals surface area (Å²) in [6.45, 7) is 3.90. The van der Waals surface area contributed by atoms with Gasteiger partial charge in [0.25, 0.3) is 11.5 Å². The van der Waals surface area contributed by atoms with Crippen molar-refractivity contribution >= 4 is 11.7 Å². The molecule has 0 radical (unpaired) electrons. The van der Waals surface area contributed by atoms with Crippen LogP contribution in [0.4, 0.5) is 5.82 Å². The number of carbonyl (C=O) groups is 1. The van der Waals surface area contributed by atoms with Crippen molar-refractivity contribution in [1.29, 1.82) is 0 Å². The molecule has 0 aliphatic heterocycles. The van der Waals surface area contributed by atoms with E-state index in [1.165, 1.54) is 10.7 Å². The first-order valence-electron chi connectivity index (χ1n) is 11.2. The van der Waals surface area contributed by atoms with E-state index in [1.807, 2.05) is 56.3 Å². The van der Waals surface area contributed by atoms with Gasteiger partial charge in [0.15, 0.2) is 5.76 Å². The summed E-state index contributed by atoms with van der Waals surface area (Å²) in [5.41, 5.74) is 3.37. The van der Waals surface area contributed by atoms with E-state index in [0.717, 1.165) is 11.1 Å². The number of aromatic nitrogens is 4. The second kappa shape index (κ2) is 9.26. The Morgan fingerprint density at radius 2 is 1.71 bits per heavy atom. The van der Waals surface area contributed by atoms with Gasteiger partial charge in [0.05, 0.1) is 12.0 Å². The Labute approximate surface area is 201 Å². The maximum atomic E-state index is 13.1. The van der Waals surface area contributed by atoms with E-state index in [2.05, 4.69) is 20.4 Å². The molecule has 0 atom stereocenters. The zero-order valence-electron chi connectivity index (χ0n) is 19.2. The van der Waals surface area contributed by atoms with E-state index in [0.29, 0.717) is 28.5 Å². The number of carbonyl (C=O) groups excluding carboxylic acids is 1. The van der Waals surface area contributed by atoms with E-state index < -0.39 is 0 Å². The average molecular weight is 466 g/mol. The summed E-state index contributed by atoms with van der Waals surface area (Å²) in [6.07, 6.45) is 1.54. The van der Waals surface area contributed by atoms with Crippen molar-refractivity contribution in [3.63, 3.8) is 0 Å². The zero-order valence-corrected chi connectivity index (χ0v) is 19.2. The van der Waals surface area contributed by atoms with Crippen molar-refractivity contribution in [2.45, 2.75) is 19.8 Å². The highest BCUT2D eigenvalue weighted by Gasteiger charge is 2.18. The van der Waals surface area contributed by atoms with Gasteiger partial charge in [-0.25, -0.2) is 4.98 Å². The Hall–Kier alpha value is -4.72. The Balaban J connectivity index is 1.49.